The molecule has 0 aliphatic rings. The second-order valence-corrected chi connectivity index (χ2v) is 5.57. The number of nitrogens with zero attached hydrogens (tertiary/aromatic N) is 1. The van der Waals surface area contributed by atoms with E-state index in [0.717, 1.165) is 7.28 Å². The Bertz CT molecular complexity index is 284. The molecule has 1 unspecified atom stereocenters. The second kappa shape index (κ2) is 7.57. The molecule has 1 heterocycles. The highest BCUT2D eigenvalue weighted by Crippen LogP contribution is 2.34. The van der Waals surface area contributed by atoms with E-state index in [1.54, 1.807) is 6.33 Å². The minimum absolute atomic E-state index is 0.432. The number of H-pyrrole nitrogens is 1. The number of imidazole rings is 1. The summed E-state index contributed by atoms with van der Waals surface area (Å²) in [5.74, 6) is 0. The molecule has 0 spiro atoms. The Balaban J connectivity index is 2.30. The molecule has 17 heavy (non-hydrogen) atoms. The Hall–Kier alpha value is -0.725. The first-order valence-corrected chi connectivity index (χ1v) is 7.18. The molecule has 0 saturated carbocycles. The van der Waals surface area contributed by atoms with E-state index in [1.165, 1.54) is 50.5 Å². The van der Waals surface area contributed by atoms with Crippen LogP contribution in [0.4, 0.5) is 0 Å². The number of nitrogens with one attached hydrogen (secondary N) is 1. The fourth-order valence-electron chi connectivity index (χ4n) is 2.37. The predicted octanol–water partition coefficient (Wildman–Crippen LogP) is 3.42. The van der Waals surface area contributed by atoms with Crippen LogP contribution in [0.5, 0.6) is 0 Å². The van der Waals surface area contributed by atoms with Gasteiger partial charge in [0.25, 0.3) is 0 Å². The van der Waals surface area contributed by atoms with Crippen LogP contribution in [0.15, 0.2) is 12.5 Å². The lowest BCUT2D eigenvalue weighted by atomic mass is 9.48. The van der Waals surface area contributed by atoms with Crippen LogP contribution in [-0.4, -0.2) is 17.2 Å². The molecular weight excluding hydrogens is 207 g/mol. The molecule has 1 rings (SSSR count). The molecule has 0 amide bonds. The van der Waals surface area contributed by atoms with Gasteiger partial charge in [-0.05, 0) is 0 Å². The summed E-state index contributed by atoms with van der Waals surface area (Å²) in [4.78, 5) is 7.40. The third-order valence-electron chi connectivity index (χ3n) is 3.90. The summed E-state index contributed by atoms with van der Waals surface area (Å²) >= 11 is 0. The number of hydrogen-bond donors (Lipinski definition) is 1. The van der Waals surface area contributed by atoms with Crippen molar-refractivity contribution in [2.45, 2.75) is 71.0 Å². The topological polar surface area (TPSA) is 28.7 Å². The van der Waals surface area contributed by atoms with Gasteiger partial charge in [-0.15, -0.1) is 0 Å². The van der Waals surface area contributed by atoms with Crippen LogP contribution in [0.25, 0.3) is 0 Å². The minimum atomic E-state index is 0.432. The SMILES string of the molecule is CCCCCCCC(C)(Bc1c[nH]cn1)CC. The van der Waals surface area contributed by atoms with E-state index in [4.69, 9.17) is 0 Å². The van der Waals surface area contributed by atoms with Gasteiger partial charge in [0.15, 0.2) is 7.28 Å². The predicted molar refractivity (Wildman–Crippen MR) is 77.4 cm³/mol. The maximum atomic E-state index is 4.35. The van der Waals surface area contributed by atoms with E-state index in [0.29, 0.717) is 5.31 Å². The van der Waals surface area contributed by atoms with Crippen molar-refractivity contribution in [1.29, 1.82) is 0 Å². The summed E-state index contributed by atoms with van der Waals surface area (Å²) in [5, 5.41) is 0.432. The second-order valence-electron chi connectivity index (χ2n) is 5.57. The molecule has 0 aliphatic carbocycles. The molecule has 2 nitrogen and oxygen atoms in total. The van der Waals surface area contributed by atoms with Crippen molar-refractivity contribution in [1.82, 2.24) is 9.97 Å². The van der Waals surface area contributed by atoms with Crippen LogP contribution in [0, 0.1) is 0 Å². The zero-order valence-electron chi connectivity index (χ0n) is 11.8. The molecule has 3 heteroatoms. The Kier molecular flexibility index (Phi) is 6.39. The summed E-state index contributed by atoms with van der Waals surface area (Å²) in [5.41, 5.74) is 1.21. The molecule has 1 N–H and O–H groups in total. The average molecular weight is 234 g/mol. The van der Waals surface area contributed by atoms with Crippen LogP contribution in [-0.2, 0) is 0 Å². The lowest BCUT2D eigenvalue weighted by Gasteiger charge is -2.26. The van der Waals surface area contributed by atoms with Crippen molar-refractivity contribution in [2.75, 3.05) is 0 Å². The summed E-state index contributed by atoms with van der Waals surface area (Å²) < 4.78 is 0. The lowest BCUT2D eigenvalue weighted by Crippen LogP contribution is -2.28. The Morgan fingerprint density at radius 2 is 2.00 bits per heavy atom. The highest BCUT2D eigenvalue weighted by atomic mass is 14.8. The Morgan fingerprint density at radius 3 is 2.59 bits per heavy atom. The molecule has 96 valence electrons. The third-order valence-corrected chi connectivity index (χ3v) is 3.90. The normalized spacial score (nSPS) is 14.5. The van der Waals surface area contributed by atoms with Gasteiger partial charge < -0.3 is 4.98 Å². The number of unbranched alkanes of at least 4 members (excludes halogenated alkanes) is 4. The van der Waals surface area contributed by atoms with E-state index in [2.05, 4.69) is 30.7 Å². The van der Waals surface area contributed by atoms with Crippen LogP contribution in [0.1, 0.15) is 65.7 Å². The van der Waals surface area contributed by atoms with Crippen LogP contribution >= 0.6 is 0 Å². The standard InChI is InChI=1S/C14H27BN2/c1-4-6-7-8-9-10-14(3,5-2)15-13-11-16-12-17-13/h11-12,15H,4-10H2,1-3H3,(H,16,17). The van der Waals surface area contributed by atoms with E-state index in [1.807, 2.05) is 6.20 Å². The van der Waals surface area contributed by atoms with Gasteiger partial charge in [-0.1, -0.05) is 71.0 Å². The van der Waals surface area contributed by atoms with Gasteiger partial charge in [0.2, 0.25) is 0 Å². The summed E-state index contributed by atoms with van der Waals surface area (Å²) in [6, 6.07) is 0. The maximum Gasteiger partial charge on any atom is 0.190 e. The van der Waals surface area contributed by atoms with Gasteiger partial charge in [0, 0.05) is 11.8 Å². The number of hydrogen-bond acceptors (Lipinski definition) is 1. The summed E-state index contributed by atoms with van der Waals surface area (Å²) in [6.07, 6.45) is 13.3. The smallest absolute Gasteiger partial charge is 0.190 e. The zero-order chi connectivity index (χ0) is 12.6. The van der Waals surface area contributed by atoms with Crippen molar-refractivity contribution < 1.29 is 0 Å². The monoisotopic (exact) mass is 234 g/mol. The Labute approximate surface area is 107 Å². The van der Waals surface area contributed by atoms with Gasteiger partial charge in [0.1, 0.15) is 0 Å². The molecule has 0 fully saturated rings. The van der Waals surface area contributed by atoms with Crippen molar-refractivity contribution in [3.05, 3.63) is 12.5 Å². The van der Waals surface area contributed by atoms with Crippen molar-refractivity contribution in [2.24, 2.45) is 0 Å². The lowest BCUT2D eigenvalue weighted by molar-refractivity contribution is 0.490. The van der Waals surface area contributed by atoms with E-state index in [9.17, 15) is 0 Å². The highest BCUT2D eigenvalue weighted by Gasteiger charge is 2.24. The molecule has 1 aromatic heterocycles. The first-order chi connectivity index (χ1) is 8.20. The molecule has 1 aromatic rings. The first kappa shape index (κ1) is 14.3. The fourth-order valence-corrected chi connectivity index (χ4v) is 2.37. The van der Waals surface area contributed by atoms with Crippen molar-refractivity contribution in [3.63, 3.8) is 0 Å². The number of aromatic nitrogens is 2. The van der Waals surface area contributed by atoms with Crippen LogP contribution in [0.2, 0.25) is 5.31 Å². The highest BCUT2D eigenvalue weighted by molar-refractivity contribution is 6.55. The molecule has 0 radical (unpaired) electrons. The minimum Gasteiger partial charge on any atom is -0.352 e. The largest absolute Gasteiger partial charge is 0.352 e. The van der Waals surface area contributed by atoms with E-state index in [-0.39, 0.29) is 0 Å². The first-order valence-electron chi connectivity index (χ1n) is 7.18. The van der Waals surface area contributed by atoms with E-state index >= 15 is 0 Å². The maximum absolute atomic E-state index is 4.35. The van der Waals surface area contributed by atoms with Gasteiger partial charge in [-0.2, -0.15) is 0 Å². The summed E-state index contributed by atoms with van der Waals surface area (Å²) in [7, 11) is 1.11. The molecule has 0 saturated heterocycles. The molecule has 1 atom stereocenters. The average Bonchev–Trinajstić information content (AvgIpc) is 2.81. The molecule has 0 aliphatic heterocycles. The van der Waals surface area contributed by atoms with Gasteiger partial charge >= 0.3 is 0 Å². The number of rotatable bonds is 9. The van der Waals surface area contributed by atoms with Crippen LogP contribution < -0.4 is 5.59 Å². The van der Waals surface area contributed by atoms with Gasteiger partial charge in [0.05, 0.1) is 6.33 Å². The van der Waals surface area contributed by atoms with E-state index < -0.39 is 0 Å². The Morgan fingerprint density at radius 1 is 1.24 bits per heavy atom. The quantitative estimate of drug-likeness (QED) is 0.514. The van der Waals surface area contributed by atoms with Crippen molar-refractivity contribution in [3.8, 4) is 0 Å². The van der Waals surface area contributed by atoms with Crippen LogP contribution in [0.3, 0.4) is 0 Å². The molecule has 0 aromatic carbocycles. The number of aromatic amines is 1. The zero-order valence-corrected chi connectivity index (χ0v) is 11.8. The molecular formula is C14H27BN2. The van der Waals surface area contributed by atoms with Gasteiger partial charge in [-0.25, -0.2) is 0 Å². The van der Waals surface area contributed by atoms with Crippen molar-refractivity contribution >= 4 is 12.9 Å². The fraction of sp³-hybridized carbons (Fsp3) is 0.786. The van der Waals surface area contributed by atoms with Gasteiger partial charge in [-0.3, -0.25) is 4.98 Å². The third kappa shape index (κ3) is 5.43. The summed E-state index contributed by atoms with van der Waals surface area (Å²) in [6.45, 7) is 6.98. The molecule has 0 bridgehead atoms.